The predicted octanol–water partition coefficient (Wildman–Crippen LogP) is 3.39. The van der Waals surface area contributed by atoms with Gasteiger partial charge in [-0.2, -0.15) is 0 Å². The second-order valence-electron chi connectivity index (χ2n) is 8.21. The van der Waals surface area contributed by atoms with Gasteiger partial charge < -0.3 is 15.1 Å². The number of hydrogen-bond donors (Lipinski definition) is 2. The van der Waals surface area contributed by atoms with Crippen LogP contribution in [0.15, 0.2) is 77.4 Å². The number of nitrogens with one attached hydrogen (secondary N) is 2. The lowest BCUT2D eigenvalue weighted by Crippen LogP contribution is -2.42. The summed E-state index contributed by atoms with van der Waals surface area (Å²) in [5.41, 5.74) is 1.51. The van der Waals surface area contributed by atoms with Gasteiger partial charge in [-0.25, -0.2) is 12.7 Å². The van der Waals surface area contributed by atoms with Crippen LogP contribution < -0.4 is 10.6 Å². The standard InChI is InChI=1S/C25H27N3O5S/c29-24(20-12-14-28(15-13-20)34(31,32)18-19-7-2-1-3-8-19)27-23-11-5-4-10-22(23)25(30)26-17-21-9-6-16-33-21/h1-11,16,20H,12-15,17-18H2,(H,26,30)(H,27,29). The first-order valence-electron chi connectivity index (χ1n) is 11.1. The van der Waals surface area contributed by atoms with Crippen molar-refractivity contribution in [1.29, 1.82) is 0 Å². The van der Waals surface area contributed by atoms with Crippen molar-refractivity contribution in [3.8, 4) is 0 Å². The number of amides is 2. The second kappa shape index (κ2) is 10.7. The molecule has 2 aromatic carbocycles. The number of para-hydroxylation sites is 1. The van der Waals surface area contributed by atoms with E-state index in [0.717, 1.165) is 5.56 Å². The van der Waals surface area contributed by atoms with Crippen LogP contribution in [0.4, 0.5) is 5.69 Å². The average Bonchev–Trinajstić information content (AvgIpc) is 3.37. The molecule has 0 bridgehead atoms. The molecule has 1 aromatic heterocycles. The summed E-state index contributed by atoms with van der Waals surface area (Å²) in [6.07, 6.45) is 2.38. The lowest BCUT2D eigenvalue weighted by Gasteiger charge is -2.30. The van der Waals surface area contributed by atoms with Crippen molar-refractivity contribution in [2.24, 2.45) is 5.92 Å². The topological polar surface area (TPSA) is 109 Å². The zero-order chi connectivity index (χ0) is 24.0. The number of nitrogens with zero attached hydrogens (tertiary/aromatic N) is 1. The molecule has 178 valence electrons. The smallest absolute Gasteiger partial charge is 0.253 e. The predicted molar refractivity (Wildman–Crippen MR) is 128 cm³/mol. The number of hydrogen-bond acceptors (Lipinski definition) is 5. The Bertz CT molecular complexity index is 1220. The molecule has 34 heavy (non-hydrogen) atoms. The van der Waals surface area contributed by atoms with Crippen molar-refractivity contribution in [2.45, 2.75) is 25.1 Å². The minimum atomic E-state index is -3.45. The lowest BCUT2D eigenvalue weighted by atomic mass is 9.97. The van der Waals surface area contributed by atoms with Gasteiger partial charge >= 0.3 is 0 Å². The molecule has 0 spiro atoms. The van der Waals surface area contributed by atoms with Crippen molar-refractivity contribution >= 4 is 27.5 Å². The summed E-state index contributed by atoms with van der Waals surface area (Å²) in [7, 11) is -3.45. The van der Waals surface area contributed by atoms with Crippen LogP contribution in [0, 0.1) is 5.92 Å². The molecule has 3 aromatic rings. The normalized spacial score (nSPS) is 15.1. The molecule has 9 heteroatoms. The van der Waals surface area contributed by atoms with Crippen molar-refractivity contribution in [3.63, 3.8) is 0 Å². The molecule has 2 N–H and O–H groups in total. The maximum Gasteiger partial charge on any atom is 0.253 e. The minimum absolute atomic E-state index is 0.0504. The molecule has 0 radical (unpaired) electrons. The Kier molecular flexibility index (Phi) is 7.44. The van der Waals surface area contributed by atoms with Crippen molar-refractivity contribution < 1.29 is 22.4 Å². The number of anilines is 1. The van der Waals surface area contributed by atoms with Crippen molar-refractivity contribution in [1.82, 2.24) is 9.62 Å². The highest BCUT2D eigenvalue weighted by Crippen LogP contribution is 2.24. The first-order chi connectivity index (χ1) is 16.4. The molecular formula is C25H27N3O5S. The zero-order valence-corrected chi connectivity index (χ0v) is 19.5. The summed E-state index contributed by atoms with van der Waals surface area (Å²) < 4.78 is 32.2. The Morgan fingerprint density at radius 3 is 2.35 bits per heavy atom. The fraction of sp³-hybridized carbons (Fsp3) is 0.280. The quantitative estimate of drug-likeness (QED) is 0.513. The van der Waals surface area contributed by atoms with Crippen LogP contribution in [0.2, 0.25) is 0 Å². The summed E-state index contributed by atoms with van der Waals surface area (Å²) in [5.74, 6) is -0.294. The van der Waals surface area contributed by atoms with Gasteiger partial charge in [-0.05, 0) is 42.7 Å². The number of carbonyl (C=O) groups excluding carboxylic acids is 2. The molecule has 1 saturated heterocycles. The molecule has 4 rings (SSSR count). The van der Waals surface area contributed by atoms with E-state index in [9.17, 15) is 18.0 Å². The van der Waals surface area contributed by atoms with Gasteiger partial charge in [0.25, 0.3) is 5.91 Å². The van der Waals surface area contributed by atoms with Gasteiger partial charge in [-0.3, -0.25) is 9.59 Å². The minimum Gasteiger partial charge on any atom is -0.467 e. The van der Waals surface area contributed by atoms with Crippen molar-refractivity contribution in [3.05, 3.63) is 89.9 Å². The third-order valence-electron chi connectivity index (χ3n) is 5.84. The maximum atomic E-state index is 12.9. The summed E-state index contributed by atoms with van der Waals surface area (Å²) >= 11 is 0. The second-order valence-corrected chi connectivity index (χ2v) is 10.2. The summed E-state index contributed by atoms with van der Waals surface area (Å²) in [6.45, 7) is 0.821. The summed E-state index contributed by atoms with van der Waals surface area (Å²) in [6, 6.07) is 19.4. The van der Waals surface area contributed by atoms with E-state index < -0.39 is 10.0 Å². The van der Waals surface area contributed by atoms with Gasteiger partial charge in [-0.15, -0.1) is 0 Å². The number of furan rings is 1. The van der Waals surface area contributed by atoms with E-state index in [1.165, 1.54) is 10.6 Å². The Morgan fingerprint density at radius 1 is 0.941 bits per heavy atom. The molecule has 2 heterocycles. The number of carbonyl (C=O) groups is 2. The van der Waals surface area contributed by atoms with Gasteiger partial charge in [0, 0.05) is 19.0 Å². The maximum absolute atomic E-state index is 12.9. The van der Waals surface area contributed by atoms with E-state index >= 15 is 0 Å². The molecule has 1 aliphatic rings. The molecule has 2 amide bonds. The zero-order valence-electron chi connectivity index (χ0n) is 18.6. The summed E-state index contributed by atoms with van der Waals surface area (Å²) in [4.78, 5) is 25.6. The van der Waals surface area contributed by atoms with Gasteiger partial charge in [0.05, 0.1) is 29.8 Å². The highest BCUT2D eigenvalue weighted by Gasteiger charge is 2.31. The molecule has 1 fully saturated rings. The van der Waals surface area contributed by atoms with Crippen LogP contribution in [0.1, 0.15) is 34.5 Å². The van der Waals surface area contributed by atoms with Crippen LogP contribution in [0.25, 0.3) is 0 Å². The third kappa shape index (κ3) is 5.92. The van der Waals surface area contributed by atoms with E-state index in [1.807, 2.05) is 18.2 Å². The van der Waals surface area contributed by atoms with Crippen LogP contribution in [-0.4, -0.2) is 37.6 Å². The third-order valence-corrected chi connectivity index (χ3v) is 7.69. The SMILES string of the molecule is O=C(NCc1ccco1)c1ccccc1NC(=O)C1CCN(S(=O)(=O)Cc2ccccc2)CC1. The Morgan fingerprint density at radius 2 is 1.65 bits per heavy atom. The van der Waals surface area contributed by atoms with Gasteiger partial charge in [0.15, 0.2) is 0 Å². The van der Waals surface area contributed by atoms with Crippen LogP contribution >= 0.6 is 0 Å². The molecule has 0 saturated carbocycles. The molecular weight excluding hydrogens is 454 g/mol. The first kappa shape index (κ1) is 23.7. The molecule has 0 aliphatic carbocycles. The highest BCUT2D eigenvalue weighted by molar-refractivity contribution is 7.88. The molecule has 0 atom stereocenters. The van der Waals surface area contributed by atoms with Crippen LogP contribution in [0.3, 0.4) is 0 Å². The van der Waals surface area contributed by atoms with Gasteiger partial charge in [0.2, 0.25) is 15.9 Å². The Labute approximate surface area is 199 Å². The van der Waals surface area contributed by atoms with Crippen molar-refractivity contribution in [2.75, 3.05) is 18.4 Å². The fourth-order valence-corrected chi connectivity index (χ4v) is 5.54. The van der Waals surface area contributed by atoms with E-state index in [2.05, 4.69) is 10.6 Å². The van der Waals surface area contributed by atoms with Crippen LogP contribution in [-0.2, 0) is 27.1 Å². The van der Waals surface area contributed by atoms with Crippen LogP contribution in [0.5, 0.6) is 0 Å². The first-order valence-corrected chi connectivity index (χ1v) is 12.8. The largest absolute Gasteiger partial charge is 0.467 e. The number of piperidine rings is 1. The Hall–Kier alpha value is -3.43. The average molecular weight is 482 g/mol. The number of rotatable bonds is 8. The monoisotopic (exact) mass is 481 g/mol. The lowest BCUT2D eigenvalue weighted by molar-refractivity contribution is -0.120. The number of sulfonamides is 1. The highest BCUT2D eigenvalue weighted by atomic mass is 32.2. The van der Waals surface area contributed by atoms with E-state index in [4.69, 9.17) is 4.42 Å². The van der Waals surface area contributed by atoms with E-state index in [1.54, 1.807) is 48.5 Å². The molecule has 1 aliphatic heterocycles. The fourth-order valence-electron chi connectivity index (χ4n) is 3.97. The van der Waals surface area contributed by atoms with Gasteiger partial charge in [0.1, 0.15) is 5.76 Å². The Balaban J connectivity index is 1.33. The molecule has 8 nitrogen and oxygen atoms in total. The van der Waals surface area contributed by atoms with E-state index in [-0.39, 0.29) is 30.0 Å². The summed E-state index contributed by atoms with van der Waals surface area (Å²) in [5, 5.41) is 5.64. The van der Waals surface area contributed by atoms with E-state index in [0.29, 0.717) is 42.9 Å². The van der Waals surface area contributed by atoms with Gasteiger partial charge in [-0.1, -0.05) is 42.5 Å². The number of benzene rings is 2. The molecule has 0 unspecified atom stereocenters.